The number of aromatic nitrogens is 3. The van der Waals surface area contributed by atoms with Crippen molar-refractivity contribution < 1.29 is 0 Å². The van der Waals surface area contributed by atoms with E-state index in [2.05, 4.69) is 36.6 Å². The Hall–Kier alpha value is -1.03. The first-order chi connectivity index (χ1) is 10.7. The van der Waals surface area contributed by atoms with Gasteiger partial charge in [-0.25, -0.2) is 4.98 Å². The lowest BCUT2D eigenvalue weighted by Gasteiger charge is -2.11. The summed E-state index contributed by atoms with van der Waals surface area (Å²) in [6, 6.07) is 0. The Balaban J connectivity index is 2.24. The van der Waals surface area contributed by atoms with Crippen LogP contribution in [0.3, 0.4) is 0 Å². The summed E-state index contributed by atoms with van der Waals surface area (Å²) in [5, 5.41) is 0. The highest BCUT2D eigenvalue weighted by Crippen LogP contribution is 2.23. The summed E-state index contributed by atoms with van der Waals surface area (Å²) in [6.07, 6.45) is 11.5. The Morgan fingerprint density at radius 2 is 1.95 bits per heavy atom. The predicted octanol–water partition coefficient (Wildman–Crippen LogP) is 4.92. The zero-order chi connectivity index (χ0) is 15.9. The molecule has 0 saturated carbocycles. The van der Waals surface area contributed by atoms with Crippen LogP contribution in [0.2, 0.25) is 0 Å². The number of thioether (sulfide) groups is 1. The van der Waals surface area contributed by atoms with Crippen LogP contribution in [0.1, 0.15) is 56.1 Å². The fourth-order valence-corrected chi connectivity index (χ4v) is 3.38. The van der Waals surface area contributed by atoms with Crippen LogP contribution >= 0.6 is 11.8 Å². The first-order valence-electron chi connectivity index (χ1n) is 8.49. The summed E-state index contributed by atoms with van der Waals surface area (Å²) >= 11 is 1.94. The molecule has 0 radical (unpaired) electrons. The molecular formula is C18H29N3S. The molecule has 0 unspecified atom stereocenters. The van der Waals surface area contributed by atoms with Crippen LogP contribution in [0.5, 0.6) is 0 Å². The van der Waals surface area contributed by atoms with Gasteiger partial charge in [0.15, 0.2) is 0 Å². The Kier molecular flexibility index (Phi) is 6.74. The van der Waals surface area contributed by atoms with Gasteiger partial charge in [0.1, 0.15) is 11.3 Å². The molecule has 0 amide bonds. The van der Waals surface area contributed by atoms with E-state index < -0.39 is 0 Å². The van der Waals surface area contributed by atoms with Crippen molar-refractivity contribution in [2.75, 3.05) is 12.0 Å². The molecule has 0 aliphatic carbocycles. The van der Waals surface area contributed by atoms with Crippen molar-refractivity contribution in [1.29, 1.82) is 0 Å². The molecule has 0 N–H and O–H groups in total. The van der Waals surface area contributed by atoms with E-state index in [0.717, 1.165) is 24.2 Å². The van der Waals surface area contributed by atoms with E-state index in [1.807, 2.05) is 18.0 Å². The van der Waals surface area contributed by atoms with Crippen molar-refractivity contribution in [3.8, 4) is 0 Å². The highest BCUT2D eigenvalue weighted by Gasteiger charge is 2.14. The quantitative estimate of drug-likeness (QED) is 0.614. The fraction of sp³-hybridized carbons (Fsp3) is 0.667. The SMILES string of the molecule is CCCCc1nc2cnc(C)c(C)c2n1CCCCCSC. The third-order valence-corrected chi connectivity index (χ3v) is 5.03. The highest BCUT2D eigenvalue weighted by molar-refractivity contribution is 7.98. The minimum atomic E-state index is 1.07. The summed E-state index contributed by atoms with van der Waals surface area (Å²) in [7, 11) is 0. The maximum absolute atomic E-state index is 4.86. The van der Waals surface area contributed by atoms with Gasteiger partial charge in [0.25, 0.3) is 0 Å². The zero-order valence-corrected chi connectivity index (χ0v) is 15.3. The molecule has 2 rings (SSSR count). The first-order valence-corrected chi connectivity index (χ1v) is 9.88. The van der Waals surface area contributed by atoms with E-state index >= 15 is 0 Å². The monoisotopic (exact) mass is 319 g/mol. The lowest BCUT2D eigenvalue weighted by atomic mass is 10.2. The van der Waals surface area contributed by atoms with E-state index in [1.165, 1.54) is 54.8 Å². The number of nitrogens with zero attached hydrogens (tertiary/aromatic N) is 3. The second-order valence-corrected chi connectivity index (χ2v) is 7.02. The van der Waals surface area contributed by atoms with Crippen molar-refractivity contribution in [3.63, 3.8) is 0 Å². The van der Waals surface area contributed by atoms with Crippen molar-refractivity contribution in [3.05, 3.63) is 23.3 Å². The van der Waals surface area contributed by atoms with E-state index in [4.69, 9.17) is 4.98 Å². The van der Waals surface area contributed by atoms with Gasteiger partial charge in [-0.05, 0) is 50.7 Å². The molecule has 4 heteroatoms. The number of hydrogen-bond acceptors (Lipinski definition) is 3. The molecule has 0 aliphatic rings. The first kappa shape index (κ1) is 17.3. The Labute approximate surface area is 138 Å². The molecular weight excluding hydrogens is 290 g/mol. The van der Waals surface area contributed by atoms with E-state index in [1.54, 1.807) is 0 Å². The zero-order valence-electron chi connectivity index (χ0n) is 14.5. The molecule has 2 aromatic heterocycles. The van der Waals surface area contributed by atoms with E-state index in [9.17, 15) is 0 Å². The molecule has 0 fully saturated rings. The summed E-state index contributed by atoms with van der Waals surface area (Å²) in [4.78, 5) is 9.35. The van der Waals surface area contributed by atoms with Crippen molar-refractivity contribution >= 4 is 22.8 Å². The summed E-state index contributed by atoms with van der Waals surface area (Å²) in [5.41, 5.74) is 4.79. The summed E-state index contributed by atoms with van der Waals surface area (Å²) in [5.74, 6) is 2.52. The van der Waals surface area contributed by atoms with Crippen LogP contribution in [-0.2, 0) is 13.0 Å². The van der Waals surface area contributed by atoms with Crippen LogP contribution < -0.4 is 0 Å². The molecule has 2 heterocycles. The number of hydrogen-bond donors (Lipinski definition) is 0. The van der Waals surface area contributed by atoms with Gasteiger partial charge < -0.3 is 4.57 Å². The van der Waals surface area contributed by atoms with E-state index in [0.29, 0.717) is 0 Å². The predicted molar refractivity (Wildman–Crippen MR) is 97.8 cm³/mol. The second kappa shape index (κ2) is 8.56. The number of imidazole rings is 1. The lowest BCUT2D eigenvalue weighted by Crippen LogP contribution is -2.06. The number of rotatable bonds is 9. The average Bonchev–Trinajstić information content (AvgIpc) is 2.87. The lowest BCUT2D eigenvalue weighted by molar-refractivity contribution is 0.584. The van der Waals surface area contributed by atoms with Crippen LogP contribution in [0.15, 0.2) is 6.20 Å². The number of unbranched alkanes of at least 4 members (excludes halogenated alkanes) is 3. The summed E-state index contributed by atoms with van der Waals surface area (Å²) in [6.45, 7) is 7.61. The Morgan fingerprint density at radius 3 is 2.68 bits per heavy atom. The standard InChI is InChI=1S/C18H29N3S/c1-5-6-10-17-20-16-13-19-15(3)14(2)18(16)21(17)11-8-7-9-12-22-4/h13H,5-12H2,1-4H3. The van der Waals surface area contributed by atoms with E-state index in [-0.39, 0.29) is 0 Å². The van der Waals surface area contributed by atoms with Gasteiger partial charge in [-0.15, -0.1) is 0 Å². The van der Waals surface area contributed by atoms with Gasteiger partial charge in [0.05, 0.1) is 11.7 Å². The van der Waals surface area contributed by atoms with Crippen molar-refractivity contribution in [2.24, 2.45) is 0 Å². The molecule has 0 aromatic carbocycles. The minimum Gasteiger partial charge on any atom is -0.328 e. The van der Waals surface area contributed by atoms with Crippen LogP contribution in [-0.4, -0.2) is 26.5 Å². The minimum absolute atomic E-state index is 1.07. The molecule has 22 heavy (non-hydrogen) atoms. The van der Waals surface area contributed by atoms with Gasteiger partial charge in [0, 0.05) is 18.7 Å². The van der Waals surface area contributed by atoms with Crippen LogP contribution in [0, 0.1) is 13.8 Å². The van der Waals surface area contributed by atoms with Crippen molar-refractivity contribution in [2.45, 2.75) is 65.8 Å². The van der Waals surface area contributed by atoms with Gasteiger partial charge in [0.2, 0.25) is 0 Å². The molecule has 3 nitrogen and oxygen atoms in total. The molecule has 2 aromatic rings. The van der Waals surface area contributed by atoms with Gasteiger partial charge in [-0.1, -0.05) is 19.8 Å². The third-order valence-electron chi connectivity index (χ3n) is 4.34. The largest absolute Gasteiger partial charge is 0.328 e. The number of aryl methyl sites for hydroxylation is 4. The molecule has 0 bridgehead atoms. The second-order valence-electron chi connectivity index (χ2n) is 6.04. The topological polar surface area (TPSA) is 30.7 Å². The Morgan fingerprint density at radius 1 is 1.14 bits per heavy atom. The smallest absolute Gasteiger partial charge is 0.109 e. The van der Waals surface area contributed by atoms with Crippen LogP contribution in [0.25, 0.3) is 11.0 Å². The summed E-state index contributed by atoms with van der Waals surface area (Å²) < 4.78 is 2.47. The normalized spacial score (nSPS) is 11.5. The fourth-order valence-electron chi connectivity index (χ4n) is 2.89. The number of fused-ring (bicyclic) bond motifs is 1. The molecule has 122 valence electrons. The molecule has 0 atom stereocenters. The van der Waals surface area contributed by atoms with Crippen molar-refractivity contribution in [1.82, 2.24) is 14.5 Å². The average molecular weight is 320 g/mol. The van der Waals surface area contributed by atoms with Crippen LogP contribution in [0.4, 0.5) is 0 Å². The molecule has 0 saturated heterocycles. The maximum Gasteiger partial charge on any atom is 0.109 e. The maximum atomic E-state index is 4.86. The number of pyridine rings is 1. The van der Waals surface area contributed by atoms with Gasteiger partial charge >= 0.3 is 0 Å². The highest BCUT2D eigenvalue weighted by atomic mass is 32.2. The van der Waals surface area contributed by atoms with Gasteiger partial charge in [-0.3, -0.25) is 4.98 Å². The Bertz CT molecular complexity index is 604. The third kappa shape index (κ3) is 4.03. The molecule has 0 aliphatic heterocycles. The molecule has 0 spiro atoms. The van der Waals surface area contributed by atoms with Gasteiger partial charge in [-0.2, -0.15) is 11.8 Å².